The van der Waals surface area contributed by atoms with Crippen LogP contribution in [0.25, 0.3) is 0 Å². The van der Waals surface area contributed by atoms with E-state index in [4.69, 9.17) is 0 Å². The highest BCUT2D eigenvalue weighted by atomic mass is 32.2. The van der Waals surface area contributed by atoms with Gasteiger partial charge in [0.15, 0.2) is 0 Å². The van der Waals surface area contributed by atoms with Gasteiger partial charge >= 0.3 is 6.61 Å². The fourth-order valence-electron chi connectivity index (χ4n) is 2.35. The van der Waals surface area contributed by atoms with Gasteiger partial charge in [0.2, 0.25) is 5.91 Å². The average Bonchev–Trinajstić information content (AvgIpc) is 2.72. The van der Waals surface area contributed by atoms with Crippen molar-refractivity contribution in [2.45, 2.75) is 11.9 Å². The van der Waals surface area contributed by atoms with Crippen LogP contribution in [0.5, 0.6) is 5.75 Å². The summed E-state index contributed by atoms with van der Waals surface area (Å²) in [5.74, 6) is 0.888. The zero-order chi connectivity index (χ0) is 15.7. The van der Waals surface area contributed by atoms with E-state index in [1.54, 1.807) is 30.1 Å². The lowest BCUT2D eigenvalue weighted by Gasteiger charge is -2.15. The molecule has 1 unspecified atom stereocenters. The second-order valence-corrected chi connectivity index (χ2v) is 5.86. The number of thioether (sulfide) groups is 1. The fourth-order valence-corrected chi connectivity index (χ4v) is 3.43. The lowest BCUT2D eigenvalue weighted by atomic mass is 10.1. The van der Waals surface area contributed by atoms with Gasteiger partial charge in [-0.15, -0.1) is 11.8 Å². The summed E-state index contributed by atoms with van der Waals surface area (Å²) < 4.78 is 30.7. The van der Waals surface area contributed by atoms with E-state index in [1.807, 2.05) is 6.07 Å². The molecule has 0 radical (unpaired) electrons. The van der Waals surface area contributed by atoms with Gasteiger partial charge in [0.05, 0.1) is 17.2 Å². The molecular weight excluding hydrogens is 312 g/mol. The molecule has 0 saturated heterocycles. The number of carbonyl (C=O) groups excluding carboxylic acids is 1. The molecule has 0 bridgehead atoms. The van der Waals surface area contributed by atoms with E-state index >= 15 is 0 Å². The first kappa shape index (κ1) is 14.8. The molecule has 1 amide bonds. The number of aryl methyl sites for hydroxylation is 1. The minimum atomic E-state index is -2.87. The van der Waals surface area contributed by atoms with E-state index in [1.165, 1.54) is 17.8 Å². The topological polar surface area (TPSA) is 56.2 Å². The standard InChI is InChI=1S/C14H13F2N3O2S/c1-19-13-10(6-17-19)12(22-7-11(20)18-13)8-3-2-4-9(5-8)21-14(15)16/h2-6,12,14H,7H2,1H3,(H,18,20). The number of nitrogens with zero attached hydrogens (tertiary/aromatic N) is 2. The molecule has 0 aliphatic carbocycles. The molecule has 0 spiro atoms. The van der Waals surface area contributed by atoms with Crippen molar-refractivity contribution in [1.29, 1.82) is 0 Å². The summed E-state index contributed by atoms with van der Waals surface area (Å²) in [5, 5.41) is 6.79. The van der Waals surface area contributed by atoms with E-state index in [2.05, 4.69) is 15.2 Å². The molecule has 2 aromatic rings. The minimum absolute atomic E-state index is 0.0991. The Bertz CT molecular complexity index is 705. The molecule has 8 heteroatoms. The van der Waals surface area contributed by atoms with E-state index in [0.29, 0.717) is 5.82 Å². The van der Waals surface area contributed by atoms with Crippen LogP contribution in [0, 0.1) is 0 Å². The molecular formula is C14H13F2N3O2S. The maximum Gasteiger partial charge on any atom is 0.387 e. The third-order valence-electron chi connectivity index (χ3n) is 3.27. The number of amides is 1. The number of hydrogen-bond donors (Lipinski definition) is 1. The lowest BCUT2D eigenvalue weighted by Crippen LogP contribution is -2.15. The molecule has 1 atom stereocenters. The molecule has 2 heterocycles. The summed E-state index contributed by atoms with van der Waals surface area (Å²) in [6.07, 6.45) is 1.68. The number of carbonyl (C=O) groups is 1. The molecule has 116 valence electrons. The Labute approximate surface area is 129 Å². The van der Waals surface area contributed by atoms with Crippen LogP contribution in [-0.2, 0) is 11.8 Å². The summed E-state index contributed by atoms with van der Waals surface area (Å²) in [4.78, 5) is 11.8. The predicted molar refractivity (Wildman–Crippen MR) is 79.2 cm³/mol. The van der Waals surface area contributed by atoms with Crippen molar-refractivity contribution in [3.63, 3.8) is 0 Å². The zero-order valence-electron chi connectivity index (χ0n) is 11.6. The van der Waals surface area contributed by atoms with Crippen LogP contribution in [0.1, 0.15) is 16.4 Å². The van der Waals surface area contributed by atoms with Gasteiger partial charge in [-0.25, -0.2) is 0 Å². The first-order chi connectivity index (χ1) is 10.5. The third kappa shape index (κ3) is 2.92. The number of aromatic nitrogens is 2. The number of rotatable bonds is 3. The average molecular weight is 325 g/mol. The lowest BCUT2D eigenvalue weighted by molar-refractivity contribution is -0.113. The van der Waals surface area contributed by atoms with E-state index < -0.39 is 6.61 Å². The van der Waals surface area contributed by atoms with Gasteiger partial charge in [0, 0.05) is 12.6 Å². The predicted octanol–water partition coefficient (Wildman–Crippen LogP) is 2.80. The van der Waals surface area contributed by atoms with Crippen molar-refractivity contribution in [2.75, 3.05) is 11.1 Å². The van der Waals surface area contributed by atoms with Gasteiger partial charge in [-0.3, -0.25) is 9.48 Å². The number of alkyl halides is 2. The molecule has 0 saturated carbocycles. The normalized spacial score (nSPS) is 17.8. The summed E-state index contributed by atoms with van der Waals surface area (Å²) >= 11 is 1.42. The molecule has 22 heavy (non-hydrogen) atoms. The maximum atomic E-state index is 12.4. The van der Waals surface area contributed by atoms with Crippen molar-refractivity contribution < 1.29 is 18.3 Å². The SMILES string of the molecule is Cn1ncc2c1NC(=O)CSC2c1cccc(OC(F)F)c1. The largest absolute Gasteiger partial charge is 0.435 e. The van der Waals surface area contributed by atoms with Crippen molar-refractivity contribution in [3.8, 4) is 5.75 Å². The Balaban J connectivity index is 1.99. The van der Waals surface area contributed by atoms with Crippen LogP contribution in [0.4, 0.5) is 14.6 Å². The Morgan fingerprint density at radius 1 is 1.50 bits per heavy atom. The van der Waals surface area contributed by atoms with Gasteiger partial charge < -0.3 is 10.1 Å². The number of fused-ring (bicyclic) bond motifs is 1. The molecule has 1 aliphatic heterocycles. The summed E-state index contributed by atoms with van der Waals surface area (Å²) in [6, 6.07) is 6.52. The Hall–Kier alpha value is -2.09. The number of ether oxygens (including phenoxy) is 1. The molecule has 5 nitrogen and oxygen atoms in total. The molecule has 1 aromatic carbocycles. The highest BCUT2D eigenvalue weighted by Gasteiger charge is 2.27. The van der Waals surface area contributed by atoms with Crippen LogP contribution in [0.2, 0.25) is 0 Å². The van der Waals surface area contributed by atoms with Crippen LogP contribution in [-0.4, -0.2) is 28.1 Å². The smallest absolute Gasteiger partial charge is 0.387 e. The Morgan fingerprint density at radius 3 is 3.09 bits per heavy atom. The fraction of sp³-hybridized carbons (Fsp3) is 0.286. The van der Waals surface area contributed by atoms with Crippen molar-refractivity contribution in [2.24, 2.45) is 7.05 Å². The van der Waals surface area contributed by atoms with Crippen molar-refractivity contribution in [3.05, 3.63) is 41.6 Å². The van der Waals surface area contributed by atoms with Crippen LogP contribution in [0.3, 0.4) is 0 Å². The third-order valence-corrected chi connectivity index (χ3v) is 4.56. The Morgan fingerprint density at radius 2 is 2.32 bits per heavy atom. The molecule has 1 aromatic heterocycles. The first-order valence-electron chi connectivity index (χ1n) is 6.52. The van der Waals surface area contributed by atoms with E-state index in [9.17, 15) is 13.6 Å². The number of hydrogen-bond acceptors (Lipinski definition) is 4. The second kappa shape index (κ2) is 5.96. The molecule has 1 N–H and O–H groups in total. The highest BCUT2D eigenvalue weighted by molar-refractivity contribution is 8.00. The maximum absolute atomic E-state index is 12.4. The highest BCUT2D eigenvalue weighted by Crippen LogP contribution is 2.41. The van der Waals surface area contributed by atoms with Gasteiger partial charge in [0.1, 0.15) is 11.6 Å². The van der Waals surface area contributed by atoms with Gasteiger partial charge in [-0.2, -0.15) is 13.9 Å². The van der Waals surface area contributed by atoms with Crippen molar-refractivity contribution >= 4 is 23.5 Å². The number of halogens is 2. The second-order valence-electron chi connectivity index (χ2n) is 4.76. The van der Waals surface area contributed by atoms with E-state index in [-0.39, 0.29) is 22.7 Å². The van der Waals surface area contributed by atoms with Gasteiger partial charge in [0.25, 0.3) is 0 Å². The monoisotopic (exact) mass is 325 g/mol. The summed E-state index contributed by atoms with van der Waals surface area (Å²) in [6.45, 7) is -2.87. The van der Waals surface area contributed by atoms with Gasteiger partial charge in [-0.1, -0.05) is 12.1 Å². The van der Waals surface area contributed by atoms with E-state index in [0.717, 1.165) is 11.1 Å². The first-order valence-corrected chi connectivity index (χ1v) is 7.57. The van der Waals surface area contributed by atoms with Crippen LogP contribution < -0.4 is 10.1 Å². The minimum Gasteiger partial charge on any atom is -0.435 e. The zero-order valence-corrected chi connectivity index (χ0v) is 12.4. The summed E-state index contributed by atoms with van der Waals surface area (Å²) in [5.41, 5.74) is 1.63. The molecule has 0 fully saturated rings. The molecule has 3 rings (SSSR count). The van der Waals surface area contributed by atoms with Crippen LogP contribution >= 0.6 is 11.8 Å². The van der Waals surface area contributed by atoms with Crippen molar-refractivity contribution in [1.82, 2.24) is 9.78 Å². The number of nitrogens with one attached hydrogen (secondary N) is 1. The number of benzene rings is 1. The summed E-state index contributed by atoms with van der Waals surface area (Å²) in [7, 11) is 1.74. The number of anilines is 1. The van der Waals surface area contributed by atoms with Crippen LogP contribution in [0.15, 0.2) is 30.5 Å². The van der Waals surface area contributed by atoms with Gasteiger partial charge in [-0.05, 0) is 17.7 Å². The molecule has 1 aliphatic rings. The Kier molecular flexibility index (Phi) is 4.02. The quantitative estimate of drug-likeness (QED) is 0.943.